The van der Waals surface area contributed by atoms with Gasteiger partial charge in [0.1, 0.15) is 0 Å². The van der Waals surface area contributed by atoms with Gasteiger partial charge in [-0.25, -0.2) is 0 Å². The van der Waals surface area contributed by atoms with Gasteiger partial charge in [-0.2, -0.15) is 0 Å². The maximum absolute atomic E-state index is 9.74. The standard InChI is InChI=1S/C6H6O2/c1-5(3-7)6(2)4-8/h1-2H3/b6-5+. The molecule has 0 N–H and O–H groups in total. The summed E-state index contributed by atoms with van der Waals surface area (Å²) in [5.41, 5.74) is 0.639. The molecule has 0 amide bonds. The average molecular weight is 110 g/mol. The van der Waals surface area contributed by atoms with Gasteiger partial charge < -0.3 is 0 Å². The lowest BCUT2D eigenvalue weighted by molar-refractivity contribution is 0.557. The third kappa shape index (κ3) is 1.69. The maximum Gasteiger partial charge on any atom is 0.229 e. The summed E-state index contributed by atoms with van der Waals surface area (Å²) in [6, 6.07) is 0. The van der Waals surface area contributed by atoms with Gasteiger partial charge in [0.2, 0.25) is 12.6 Å². The van der Waals surface area contributed by atoms with Crippen LogP contribution in [0.4, 0.5) is 0 Å². The van der Waals surface area contributed by atoms with Crippen LogP contribution in [0, 0.1) is 0 Å². The van der Waals surface area contributed by atoms with Gasteiger partial charge in [0.15, 0.2) is 0 Å². The van der Waals surface area contributed by atoms with E-state index in [-0.39, 0.29) is 0 Å². The molecule has 42 valence electrons. The first kappa shape index (κ1) is 7.08. The predicted molar refractivity (Wildman–Crippen MR) is 29.8 cm³/mol. The Morgan fingerprint density at radius 3 is 1.38 bits per heavy atom. The molecule has 0 fully saturated rings. The molecule has 0 aliphatic heterocycles. The van der Waals surface area contributed by atoms with Crippen LogP contribution < -0.4 is 0 Å². The molecule has 2 heteroatoms. The van der Waals surface area contributed by atoms with Gasteiger partial charge in [0.05, 0.1) is 0 Å². The molecule has 2 radical (unpaired) electrons. The smallest absolute Gasteiger partial charge is 0.229 e. The summed E-state index contributed by atoms with van der Waals surface area (Å²) in [5.74, 6) is 0. The van der Waals surface area contributed by atoms with Crippen molar-refractivity contribution in [1.82, 2.24) is 0 Å². The monoisotopic (exact) mass is 110 g/mol. The van der Waals surface area contributed by atoms with Crippen LogP contribution in [0.1, 0.15) is 13.8 Å². The number of allylic oxidation sites excluding steroid dienone is 2. The van der Waals surface area contributed by atoms with Crippen LogP contribution in [-0.2, 0) is 9.59 Å². The Morgan fingerprint density at radius 1 is 1.00 bits per heavy atom. The molecule has 0 unspecified atom stereocenters. The van der Waals surface area contributed by atoms with Gasteiger partial charge in [-0.1, -0.05) is 0 Å². The first-order chi connectivity index (χ1) is 3.72. The number of rotatable bonds is 2. The summed E-state index contributed by atoms with van der Waals surface area (Å²) in [4.78, 5) is 19.5. The molecule has 0 heterocycles. The first-order valence-electron chi connectivity index (χ1n) is 2.16. The van der Waals surface area contributed by atoms with Crippen molar-refractivity contribution >= 4 is 12.6 Å². The lowest BCUT2D eigenvalue weighted by Gasteiger charge is -1.83. The summed E-state index contributed by atoms with van der Waals surface area (Å²) < 4.78 is 0. The van der Waals surface area contributed by atoms with E-state index < -0.39 is 0 Å². The molecule has 0 saturated carbocycles. The molecule has 8 heavy (non-hydrogen) atoms. The molecule has 0 aromatic rings. The van der Waals surface area contributed by atoms with Crippen molar-refractivity contribution in [3.8, 4) is 0 Å². The molecule has 0 aromatic carbocycles. The van der Waals surface area contributed by atoms with Crippen molar-refractivity contribution in [3.05, 3.63) is 11.1 Å². The molecule has 0 bridgehead atoms. The maximum atomic E-state index is 9.74. The van der Waals surface area contributed by atoms with Crippen molar-refractivity contribution in [2.24, 2.45) is 0 Å². The fourth-order valence-electron chi connectivity index (χ4n) is 0.153. The minimum absolute atomic E-state index is 0.319. The minimum Gasteiger partial charge on any atom is -0.285 e. The van der Waals surface area contributed by atoms with Gasteiger partial charge in [-0.05, 0) is 13.8 Å². The zero-order chi connectivity index (χ0) is 6.57. The van der Waals surface area contributed by atoms with Crippen LogP contribution in [0.15, 0.2) is 11.1 Å². The van der Waals surface area contributed by atoms with E-state index in [9.17, 15) is 9.59 Å². The second kappa shape index (κ2) is 3.13. The van der Waals surface area contributed by atoms with E-state index in [0.717, 1.165) is 0 Å². The van der Waals surface area contributed by atoms with E-state index in [0.29, 0.717) is 11.1 Å². The van der Waals surface area contributed by atoms with Crippen LogP contribution in [-0.4, -0.2) is 12.6 Å². The first-order valence-corrected chi connectivity index (χ1v) is 2.16. The average Bonchev–Trinajstić information content (AvgIpc) is 1.84. The zero-order valence-electron chi connectivity index (χ0n) is 4.82. The number of carbonyl (C=O) groups excluding carboxylic acids is 2. The molecule has 0 spiro atoms. The molecule has 0 atom stereocenters. The molecule has 2 nitrogen and oxygen atoms in total. The molecule has 0 aromatic heterocycles. The second-order valence-corrected chi connectivity index (χ2v) is 1.45. The van der Waals surface area contributed by atoms with Crippen LogP contribution in [0.3, 0.4) is 0 Å². The van der Waals surface area contributed by atoms with Crippen molar-refractivity contribution in [2.75, 3.05) is 0 Å². The Labute approximate surface area is 48.2 Å². The Bertz CT molecular complexity index is 117. The van der Waals surface area contributed by atoms with E-state index >= 15 is 0 Å². The van der Waals surface area contributed by atoms with E-state index in [1.165, 1.54) is 13.8 Å². The third-order valence-corrected chi connectivity index (χ3v) is 0.869. The van der Waals surface area contributed by atoms with Gasteiger partial charge in [0.25, 0.3) is 0 Å². The van der Waals surface area contributed by atoms with Gasteiger partial charge in [0, 0.05) is 11.1 Å². The van der Waals surface area contributed by atoms with Crippen LogP contribution in [0.2, 0.25) is 0 Å². The predicted octanol–water partition coefficient (Wildman–Crippen LogP) is 0.542. The molecule has 0 aliphatic carbocycles. The van der Waals surface area contributed by atoms with Crippen molar-refractivity contribution in [1.29, 1.82) is 0 Å². The van der Waals surface area contributed by atoms with Gasteiger partial charge in [-0.3, -0.25) is 9.59 Å². The fraction of sp³-hybridized carbons (Fsp3) is 0.333. The highest BCUT2D eigenvalue weighted by Gasteiger charge is 1.92. The highest BCUT2D eigenvalue weighted by atomic mass is 16.1. The number of hydrogen-bond donors (Lipinski definition) is 0. The van der Waals surface area contributed by atoms with Gasteiger partial charge >= 0.3 is 0 Å². The number of hydrogen-bond acceptors (Lipinski definition) is 2. The van der Waals surface area contributed by atoms with Gasteiger partial charge in [-0.15, -0.1) is 0 Å². The Morgan fingerprint density at radius 2 is 1.25 bits per heavy atom. The molecule has 0 aliphatic rings. The minimum atomic E-state index is 0.319. The highest BCUT2D eigenvalue weighted by molar-refractivity contribution is 5.86. The lowest BCUT2D eigenvalue weighted by Crippen LogP contribution is -1.84. The largest absolute Gasteiger partial charge is 0.285 e. The van der Waals surface area contributed by atoms with Crippen LogP contribution in [0.25, 0.3) is 0 Å². The van der Waals surface area contributed by atoms with Crippen molar-refractivity contribution in [2.45, 2.75) is 13.8 Å². The van der Waals surface area contributed by atoms with Crippen LogP contribution in [0.5, 0.6) is 0 Å². The van der Waals surface area contributed by atoms with Crippen molar-refractivity contribution in [3.63, 3.8) is 0 Å². The summed E-state index contributed by atoms with van der Waals surface area (Å²) in [6.07, 6.45) is 3.17. The third-order valence-electron chi connectivity index (χ3n) is 0.869. The SMILES string of the molecule is C/C([C]=O)=C(/C)[C]=O. The zero-order valence-corrected chi connectivity index (χ0v) is 4.82. The van der Waals surface area contributed by atoms with E-state index in [1.807, 2.05) is 0 Å². The van der Waals surface area contributed by atoms with E-state index in [1.54, 1.807) is 12.6 Å². The highest BCUT2D eigenvalue weighted by Crippen LogP contribution is 1.93. The summed E-state index contributed by atoms with van der Waals surface area (Å²) in [6.45, 7) is 3.04. The Kier molecular flexibility index (Phi) is 2.77. The van der Waals surface area contributed by atoms with E-state index in [4.69, 9.17) is 0 Å². The Hall–Kier alpha value is -0.920. The normalized spacial score (nSPS) is 12.2. The summed E-state index contributed by atoms with van der Waals surface area (Å²) in [7, 11) is 0. The molecular weight excluding hydrogens is 104 g/mol. The lowest BCUT2D eigenvalue weighted by atomic mass is 10.2. The quantitative estimate of drug-likeness (QED) is 0.486. The second-order valence-electron chi connectivity index (χ2n) is 1.45. The van der Waals surface area contributed by atoms with Crippen LogP contribution >= 0.6 is 0 Å². The Balaban J connectivity index is 4.25. The molecular formula is C6H6O2. The summed E-state index contributed by atoms with van der Waals surface area (Å²) >= 11 is 0. The van der Waals surface area contributed by atoms with E-state index in [2.05, 4.69) is 0 Å². The van der Waals surface area contributed by atoms with Crippen molar-refractivity contribution < 1.29 is 9.59 Å². The molecule has 0 rings (SSSR count). The topological polar surface area (TPSA) is 34.1 Å². The summed E-state index contributed by atoms with van der Waals surface area (Å²) in [5, 5.41) is 0. The molecule has 0 saturated heterocycles. The fourth-order valence-corrected chi connectivity index (χ4v) is 0.153.